The van der Waals surface area contributed by atoms with Gasteiger partial charge in [-0.15, -0.1) is 0 Å². The van der Waals surface area contributed by atoms with E-state index in [1.807, 2.05) is 62.4 Å². The molecule has 0 aliphatic carbocycles. The summed E-state index contributed by atoms with van der Waals surface area (Å²) in [6, 6.07) is 15.9. The Labute approximate surface area is 160 Å². The SMILES string of the molecule is Cc1cccc(C)c1NC(=O)CN1CCN(/C(=C/O)c2ccccc2)CC1. The summed E-state index contributed by atoms with van der Waals surface area (Å²) in [5, 5.41) is 12.7. The lowest BCUT2D eigenvalue weighted by Crippen LogP contribution is -2.47. The molecule has 1 aliphatic heterocycles. The summed E-state index contributed by atoms with van der Waals surface area (Å²) in [6.45, 7) is 7.51. The number of aliphatic hydroxyl groups is 1. The fourth-order valence-electron chi connectivity index (χ4n) is 3.49. The van der Waals surface area contributed by atoms with E-state index in [9.17, 15) is 9.90 Å². The van der Waals surface area contributed by atoms with Gasteiger partial charge in [0, 0.05) is 37.4 Å². The molecule has 0 bridgehead atoms. The zero-order valence-corrected chi connectivity index (χ0v) is 16.0. The van der Waals surface area contributed by atoms with Crippen LogP contribution < -0.4 is 5.32 Å². The Morgan fingerprint density at radius 2 is 1.63 bits per heavy atom. The number of anilines is 1. The lowest BCUT2D eigenvalue weighted by atomic mass is 10.1. The van der Waals surface area contributed by atoms with Crippen LogP contribution in [-0.2, 0) is 4.79 Å². The number of nitrogens with one attached hydrogen (secondary N) is 1. The summed E-state index contributed by atoms with van der Waals surface area (Å²) in [6.07, 6.45) is 1.18. The zero-order chi connectivity index (χ0) is 19.2. The van der Waals surface area contributed by atoms with Crippen LogP contribution in [0, 0.1) is 13.8 Å². The van der Waals surface area contributed by atoms with Crippen LogP contribution in [0.1, 0.15) is 16.7 Å². The van der Waals surface area contributed by atoms with Gasteiger partial charge in [-0.2, -0.15) is 0 Å². The summed E-state index contributed by atoms with van der Waals surface area (Å²) in [7, 11) is 0. The predicted molar refractivity (Wildman–Crippen MR) is 110 cm³/mol. The molecule has 0 aromatic heterocycles. The van der Waals surface area contributed by atoms with E-state index in [2.05, 4.69) is 15.1 Å². The number of benzene rings is 2. The van der Waals surface area contributed by atoms with Gasteiger partial charge in [-0.25, -0.2) is 0 Å². The smallest absolute Gasteiger partial charge is 0.238 e. The largest absolute Gasteiger partial charge is 0.513 e. The van der Waals surface area contributed by atoms with Crippen molar-refractivity contribution in [3.63, 3.8) is 0 Å². The first-order valence-electron chi connectivity index (χ1n) is 9.31. The monoisotopic (exact) mass is 365 g/mol. The number of hydrogen-bond acceptors (Lipinski definition) is 4. The summed E-state index contributed by atoms with van der Waals surface area (Å²) in [5.74, 6) is 0.0156. The quantitative estimate of drug-likeness (QED) is 0.797. The van der Waals surface area contributed by atoms with E-state index >= 15 is 0 Å². The second-order valence-electron chi connectivity index (χ2n) is 6.96. The lowest BCUT2D eigenvalue weighted by molar-refractivity contribution is -0.117. The van der Waals surface area contributed by atoms with Gasteiger partial charge in [0.05, 0.1) is 12.2 Å². The fraction of sp³-hybridized carbons (Fsp3) is 0.318. The number of rotatable bonds is 5. The minimum Gasteiger partial charge on any atom is -0.513 e. The fourth-order valence-corrected chi connectivity index (χ4v) is 3.49. The molecule has 5 heteroatoms. The highest BCUT2D eigenvalue weighted by molar-refractivity contribution is 5.93. The Morgan fingerprint density at radius 1 is 1.00 bits per heavy atom. The van der Waals surface area contributed by atoms with Crippen molar-refractivity contribution in [3.05, 3.63) is 71.5 Å². The minimum atomic E-state index is 0.0156. The van der Waals surface area contributed by atoms with Crippen LogP contribution in [0.4, 0.5) is 5.69 Å². The van der Waals surface area contributed by atoms with Crippen molar-refractivity contribution in [2.75, 3.05) is 38.0 Å². The van der Waals surface area contributed by atoms with Crippen LogP contribution in [-0.4, -0.2) is 53.5 Å². The Kier molecular flexibility index (Phi) is 6.14. The number of aliphatic hydroxyl groups excluding tert-OH is 1. The van der Waals surface area contributed by atoms with Gasteiger partial charge in [-0.05, 0) is 25.0 Å². The van der Waals surface area contributed by atoms with Gasteiger partial charge < -0.3 is 15.3 Å². The lowest BCUT2D eigenvalue weighted by Gasteiger charge is -2.36. The molecule has 2 aromatic rings. The van der Waals surface area contributed by atoms with E-state index in [1.165, 1.54) is 6.26 Å². The molecule has 2 aromatic carbocycles. The highest BCUT2D eigenvalue weighted by Crippen LogP contribution is 2.21. The highest BCUT2D eigenvalue weighted by Gasteiger charge is 2.21. The van der Waals surface area contributed by atoms with Crippen LogP contribution >= 0.6 is 0 Å². The molecule has 0 spiro atoms. The molecular formula is C22H27N3O2. The van der Waals surface area contributed by atoms with Crippen molar-refractivity contribution in [1.82, 2.24) is 9.80 Å². The number of para-hydroxylation sites is 1. The van der Waals surface area contributed by atoms with Gasteiger partial charge in [0.1, 0.15) is 6.26 Å². The molecule has 1 amide bonds. The summed E-state index contributed by atoms with van der Waals surface area (Å²) < 4.78 is 0. The van der Waals surface area contributed by atoms with Gasteiger partial charge >= 0.3 is 0 Å². The second-order valence-corrected chi connectivity index (χ2v) is 6.96. The van der Waals surface area contributed by atoms with Crippen LogP contribution in [0.3, 0.4) is 0 Å². The maximum absolute atomic E-state index is 12.5. The molecule has 0 radical (unpaired) electrons. The van der Waals surface area contributed by atoms with Crippen LogP contribution in [0.5, 0.6) is 0 Å². The van der Waals surface area contributed by atoms with Gasteiger partial charge in [-0.1, -0.05) is 48.5 Å². The molecule has 1 saturated heterocycles. The second kappa shape index (κ2) is 8.73. The number of carbonyl (C=O) groups is 1. The Bertz CT molecular complexity index is 789. The maximum atomic E-state index is 12.5. The first-order valence-corrected chi connectivity index (χ1v) is 9.31. The summed E-state index contributed by atoms with van der Waals surface area (Å²) in [4.78, 5) is 16.8. The number of amides is 1. The maximum Gasteiger partial charge on any atom is 0.238 e. The van der Waals surface area contributed by atoms with Crippen LogP contribution in [0.25, 0.3) is 5.70 Å². The minimum absolute atomic E-state index is 0.0156. The van der Waals surface area contributed by atoms with Gasteiger partial charge in [0.2, 0.25) is 5.91 Å². The Hall–Kier alpha value is -2.79. The molecule has 1 fully saturated rings. The molecule has 142 valence electrons. The third-order valence-electron chi connectivity index (χ3n) is 5.02. The molecule has 1 heterocycles. The average Bonchev–Trinajstić information content (AvgIpc) is 2.68. The normalized spacial score (nSPS) is 15.6. The van der Waals surface area contributed by atoms with Crippen molar-refractivity contribution < 1.29 is 9.90 Å². The molecule has 2 N–H and O–H groups in total. The molecule has 5 nitrogen and oxygen atoms in total. The first kappa shape index (κ1) is 19.0. The number of aryl methyl sites for hydroxylation is 2. The Balaban J connectivity index is 1.54. The Morgan fingerprint density at radius 3 is 2.22 bits per heavy atom. The summed E-state index contributed by atoms with van der Waals surface area (Å²) in [5.41, 5.74) is 4.90. The zero-order valence-electron chi connectivity index (χ0n) is 16.0. The van der Waals surface area contributed by atoms with Crippen LogP contribution in [0.2, 0.25) is 0 Å². The molecule has 1 aliphatic rings. The molecular weight excluding hydrogens is 338 g/mol. The van der Waals surface area contributed by atoms with E-state index in [0.29, 0.717) is 6.54 Å². The van der Waals surface area contributed by atoms with Crippen molar-refractivity contribution in [2.24, 2.45) is 0 Å². The predicted octanol–water partition coefficient (Wildman–Crippen LogP) is 3.42. The number of hydrogen-bond donors (Lipinski definition) is 2. The number of piperazine rings is 1. The van der Waals surface area contributed by atoms with Crippen molar-refractivity contribution in [2.45, 2.75) is 13.8 Å². The summed E-state index contributed by atoms with van der Waals surface area (Å²) >= 11 is 0. The average molecular weight is 365 g/mol. The van der Waals surface area contributed by atoms with E-state index in [1.54, 1.807) is 0 Å². The van der Waals surface area contributed by atoms with E-state index < -0.39 is 0 Å². The van der Waals surface area contributed by atoms with Gasteiger partial charge in [0.15, 0.2) is 0 Å². The third-order valence-corrected chi connectivity index (χ3v) is 5.02. The molecule has 27 heavy (non-hydrogen) atoms. The topological polar surface area (TPSA) is 55.8 Å². The standard InChI is InChI=1S/C22H27N3O2/c1-17-7-6-8-18(2)22(17)23-21(27)15-24-11-13-25(14-12-24)20(16-26)19-9-4-3-5-10-19/h3-10,16,26H,11-15H2,1-2H3,(H,23,27)/b20-16+. The first-order chi connectivity index (χ1) is 13.1. The number of nitrogens with zero attached hydrogens (tertiary/aromatic N) is 2. The van der Waals surface area contributed by atoms with Crippen LogP contribution in [0.15, 0.2) is 54.8 Å². The molecule has 0 saturated carbocycles. The van der Waals surface area contributed by atoms with Crippen molar-refractivity contribution >= 4 is 17.3 Å². The van der Waals surface area contributed by atoms with Gasteiger partial charge in [0.25, 0.3) is 0 Å². The van der Waals surface area contributed by atoms with Gasteiger partial charge in [-0.3, -0.25) is 9.69 Å². The van der Waals surface area contributed by atoms with Crippen molar-refractivity contribution in [3.8, 4) is 0 Å². The van der Waals surface area contributed by atoms with E-state index in [0.717, 1.165) is 54.3 Å². The van der Waals surface area contributed by atoms with E-state index in [4.69, 9.17) is 0 Å². The highest BCUT2D eigenvalue weighted by atomic mass is 16.2. The molecule has 3 rings (SSSR count). The van der Waals surface area contributed by atoms with E-state index in [-0.39, 0.29) is 5.91 Å². The molecule has 0 unspecified atom stereocenters. The number of carbonyl (C=O) groups excluding carboxylic acids is 1. The molecule has 0 atom stereocenters. The third kappa shape index (κ3) is 4.68. The van der Waals surface area contributed by atoms with Crippen molar-refractivity contribution in [1.29, 1.82) is 0 Å².